The van der Waals surface area contributed by atoms with Gasteiger partial charge in [0.15, 0.2) is 0 Å². The van der Waals surface area contributed by atoms with Crippen LogP contribution in [0.4, 0.5) is 0 Å². The summed E-state index contributed by atoms with van der Waals surface area (Å²) < 4.78 is 1.52. The fraction of sp³-hybridized carbons (Fsp3) is 1.00. The summed E-state index contributed by atoms with van der Waals surface area (Å²) in [5.41, 5.74) is 0. The summed E-state index contributed by atoms with van der Waals surface area (Å²) >= 11 is 0.506. The van der Waals surface area contributed by atoms with Crippen molar-refractivity contribution in [3.05, 3.63) is 0 Å². The van der Waals surface area contributed by atoms with Gasteiger partial charge in [0, 0.05) is 0 Å². The second-order valence-electron chi connectivity index (χ2n) is 4.56. The van der Waals surface area contributed by atoms with E-state index in [2.05, 4.69) is 32.6 Å². The van der Waals surface area contributed by atoms with E-state index in [9.17, 15) is 0 Å². The minimum atomic E-state index is 0.506. The van der Waals surface area contributed by atoms with Crippen molar-refractivity contribution in [2.24, 2.45) is 17.8 Å². The second-order valence-corrected chi connectivity index (χ2v) is 6.96. The Balaban J connectivity index is -0.000000439. The summed E-state index contributed by atoms with van der Waals surface area (Å²) in [7, 11) is 0. The van der Waals surface area contributed by atoms with Gasteiger partial charge >= 0.3 is 95.3 Å². The number of hydrogen-bond donors (Lipinski definition) is 0. The maximum atomic E-state index is 2.44. The number of rotatable bonds is 7. The van der Waals surface area contributed by atoms with Gasteiger partial charge in [0.25, 0.3) is 0 Å². The topological polar surface area (TPSA) is 0 Å². The van der Waals surface area contributed by atoms with E-state index in [-0.39, 0.29) is 0 Å². The van der Waals surface area contributed by atoms with Crippen molar-refractivity contribution in [2.45, 2.75) is 74.7 Å². The van der Waals surface area contributed by atoms with Crippen LogP contribution in [0.3, 0.4) is 0 Å². The van der Waals surface area contributed by atoms with Crippen molar-refractivity contribution in [2.75, 3.05) is 9.36 Å². The Morgan fingerprint density at radius 1 is 0.941 bits per heavy atom. The van der Waals surface area contributed by atoms with E-state index >= 15 is 0 Å². The molecule has 0 aromatic carbocycles. The molecule has 0 saturated carbocycles. The maximum absolute atomic E-state index is 2.44. The van der Waals surface area contributed by atoms with Gasteiger partial charge in [0.05, 0.1) is 0 Å². The quantitative estimate of drug-likeness (QED) is 0.486. The van der Waals surface area contributed by atoms with Crippen molar-refractivity contribution < 1.29 is 21.2 Å². The predicted molar refractivity (Wildman–Crippen MR) is 80.5 cm³/mol. The average molecular weight is 357 g/mol. The molecule has 0 saturated heterocycles. The predicted octanol–water partition coefficient (Wildman–Crippen LogP) is 2.86. The van der Waals surface area contributed by atoms with Crippen LogP contribution in [0.25, 0.3) is 0 Å². The Morgan fingerprint density at radius 3 is 1.71 bits per heavy atom. The molecule has 0 heterocycles. The van der Waals surface area contributed by atoms with Crippen LogP contribution in [0, 0.1) is 17.8 Å². The molecule has 0 aliphatic carbocycles. The molecule has 0 aromatic rings. The molecule has 0 aliphatic rings. The van der Waals surface area contributed by atoms with Gasteiger partial charge in [-0.1, -0.05) is 27.7 Å². The number of hydrogen-bond acceptors (Lipinski definition) is 0. The molecule has 0 bridgehead atoms. The van der Waals surface area contributed by atoms with Crippen LogP contribution < -0.4 is 21.2 Å². The third-order valence-corrected chi connectivity index (χ3v) is 5.11. The van der Waals surface area contributed by atoms with Crippen LogP contribution in [0.1, 0.15) is 74.7 Å². The van der Waals surface area contributed by atoms with Crippen molar-refractivity contribution in [3.63, 3.8) is 0 Å². The van der Waals surface area contributed by atoms with Gasteiger partial charge in [-0.25, -0.2) is 0 Å². The molecule has 2 atom stereocenters. The first-order chi connectivity index (χ1) is 8.11. The molecule has 0 rings (SSSR count). The van der Waals surface area contributed by atoms with Gasteiger partial charge in [-0.2, -0.15) is 0 Å². The van der Waals surface area contributed by atoms with Crippen LogP contribution in [-0.4, -0.2) is 9.36 Å². The standard InChI is InChI=1S/C12H26I.2C2H6/c1-6-7-12(10(2)3)8-11(4)9-13-5;2*1-2/h10-12H,6-9H2,1-5H3;2*1-2H3/q-1;;. The molecule has 0 amide bonds. The van der Waals surface area contributed by atoms with Crippen LogP contribution >= 0.6 is 0 Å². The zero-order chi connectivity index (χ0) is 14.3. The fourth-order valence-electron chi connectivity index (χ4n) is 1.94. The molecule has 1 heteroatoms. The van der Waals surface area contributed by atoms with E-state index in [0.29, 0.717) is 21.2 Å². The molecule has 0 aromatic heterocycles. The molecular formula is C16H38I-. The van der Waals surface area contributed by atoms with Crippen molar-refractivity contribution >= 4 is 0 Å². The van der Waals surface area contributed by atoms with Gasteiger partial charge in [-0.3, -0.25) is 0 Å². The molecule has 0 aliphatic heterocycles. The normalized spacial score (nSPS) is 13.3. The van der Waals surface area contributed by atoms with Crippen LogP contribution in [0.15, 0.2) is 0 Å². The van der Waals surface area contributed by atoms with E-state index in [1.165, 1.54) is 23.7 Å². The van der Waals surface area contributed by atoms with E-state index < -0.39 is 0 Å². The SMILES string of the molecule is CC.CC.CCCC(CC(C)C[I-]C)C(C)C. The Bertz CT molecular complexity index is 110. The first kappa shape index (κ1) is 22.9. The van der Waals surface area contributed by atoms with Crippen LogP contribution in [0.5, 0.6) is 0 Å². The molecule has 17 heavy (non-hydrogen) atoms. The summed E-state index contributed by atoms with van der Waals surface area (Å²) in [5, 5.41) is 0. The summed E-state index contributed by atoms with van der Waals surface area (Å²) in [6.07, 6.45) is 4.26. The second kappa shape index (κ2) is 19.1. The summed E-state index contributed by atoms with van der Waals surface area (Å²) in [5.74, 6) is 2.85. The van der Waals surface area contributed by atoms with Gasteiger partial charge in [-0.15, -0.1) is 0 Å². The van der Waals surface area contributed by atoms with Crippen LogP contribution in [-0.2, 0) is 0 Å². The molecule has 110 valence electrons. The molecule has 0 radical (unpaired) electrons. The molecule has 2 unspecified atom stereocenters. The average Bonchev–Trinajstić information content (AvgIpc) is 2.34. The molecule has 0 fully saturated rings. The first-order valence-corrected chi connectivity index (χ1v) is 11.2. The molecule has 0 spiro atoms. The molecule has 0 nitrogen and oxygen atoms in total. The van der Waals surface area contributed by atoms with Crippen molar-refractivity contribution in [1.29, 1.82) is 0 Å². The van der Waals surface area contributed by atoms with E-state index in [4.69, 9.17) is 0 Å². The van der Waals surface area contributed by atoms with E-state index in [1.54, 1.807) is 0 Å². The van der Waals surface area contributed by atoms with Crippen molar-refractivity contribution in [1.82, 2.24) is 0 Å². The van der Waals surface area contributed by atoms with E-state index in [0.717, 1.165) is 17.8 Å². The zero-order valence-electron chi connectivity index (χ0n) is 13.9. The zero-order valence-corrected chi connectivity index (χ0v) is 16.1. The van der Waals surface area contributed by atoms with E-state index in [1.807, 2.05) is 27.7 Å². The number of halogens is 1. The summed E-state index contributed by atoms with van der Waals surface area (Å²) in [4.78, 5) is 2.40. The third kappa shape index (κ3) is 16.7. The summed E-state index contributed by atoms with van der Waals surface area (Å²) in [6.45, 7) is 17.5. The third-order valence-electron chi connectivity index (χ3n) is 2.73. The van der Waals surface area contributed by atoms with Gasteiger partial charge in [0.1, 0.15) is 0 Å². The first-order valence-electron chi connectivity index (χ1n) is 7.55. The Kier molecular flexibility index (Phi) is 25.7. The minimum absolute atomic E-state index is 0.506. The van der Waals surface area contributed by atoms with Crippen LogP contribution in [0.2, 0.25) is 0 Å². The fourth-order valence-corrected chi connectivity index (χ4v) is 3.80. The Hall–Kier alpha value is 0.730. The molecule has 0 N–H and O–H groups in total. The monoisotopic (exact) mass is 357 g/mol. The summed E-state index contributed by atoms with van der Waals surface area (Å²) in [6, 6.07) is 0. The Morgan fingerprint density at radius 2 is 1.41 bits per heavy atom. The molecular weight excluding hydrogens is 319 g/mol. The van der Waals surface area contributed by atoms with Gasteiger partial charge in [0.2, 0.25) is 0 Å². The Labute approximate surface area is 123 Å². The number of alkyl halides is 2. The van der Waals surface area contributed by atoms with Crippen molar-refractivity contribution in [3.8, 4) is 0 Å². The van der Waals surface area contributed by atoms with Gasteiger partial charge < -0.3 is 0 Å². The van der Waals surface area contributed by atoms with Gasteiger partial charge in [-0.05, 0) is 0 Å².